The Hall–Kier alpha value is -5.58. The van der Waals surface area contributed by atoms with E-state index in [2.05, 4.69) is 26.3 Å². The van der Waals surface area contributed by atoms with Crippen LogP contribution in [0.4, 0.5) is 0 Å². The molecule has 250 valence electrons. The monoisotopic (exact) mass is 648 g/mol. The van der Waals surface area contributed by atoms with E-state index in [1.54, 1.807) is 31.2 Å². The topological polar surface area (TPSA) is 149 Å². The highest BCUT2D eigenvalue weighted by molar-refractivity contribution is 6.04. The van der Waals surface area contributed by atoms with Crippen molar-refractivity contribution < 1.29 is 52.5 Å². The molecule has 0 aliphatic rings. The number of rotatable bonds is 15. The third kappa shape index (κ3) is 13.1. The maximum atomic E-state index is 12.4. The van der Waals surface area contributed by atoms with Crippen LogP contribution < -0.4 is 9.47 Å². The number of benzene rings is 2. The first kappa shape index (κ1) is 39.4. The van der Waals surface area contributed by atoms with Crippen LogP contribution in [0.15, 0.2) is 98.1 Å². The number of hydrogen-bond donors (Lipinski definition) is 0. The highest BCUT2D eigenvalue weighted by Gasteiger charge is 2.33. The lowest BCUT2D eigenvalue weighted by molar-refractivity contribution is -0.148. The molecule has 2 rings (SSSR count). The van der Waals surface area contributed by atoms with Crippen molar-refractivity contribution in [1.29, 1.82) is 0 Å². The van der Waals surface area contributed by atoms with Crippen LogP contribution in [0, 0.1) is 0 Å². The summed E-state index contributed by atoms with van der Waals surface area (Å²) in [5.74, 6) is -2.25. The molecule has 0 aliphatic carbocycles. The molecule has 11 nitrogen and oxygen atoms in total. The van der Waals surface area contributed by atoms with Crippen molar-refractivity contribution in [2.75, 3.05) is 13.2 Å². The van der Waals surface area contributed by atoms with Crippen molar-refractivity contribution in [2.24, 2.45) is 0 Å². The summed E-state index contributed by atoms with van der Waals surface area (Å²) in [5.41, 5.74) is -1.42. The van der Waals surface area contributed by atoms with Crippen LogP contribution >= 0.6 is 0 Å². The number of Topliss-reactive ketones (excluding diaryl/α,β-unsaturated/α-hetero) is 2. The summed E-state index contributed by atoms with van der Waals surface area (Å²) in [6, 6.07) is 12.3. The molecular formula is C36H40O11. The number of ketones is 2. The van der Waals surface area contributed by atoms with Crippen LogP contribution in [0.5, 0.6) is 11.5 Å². The predicted octanol–water partition coefficient (Wildman–Crippen LogP) is 5.73. The van der Waals surface area contributed by atoms with E-state index in [0.717, 1.165) is 12.2 Å². The van der Waals surface area contributed by atoms with E-state index in [1.807, 2.05) is 0 Å². The van der Waals surface area contributed by atoms with Crippen LogP contribution in [-0.4, -0.2) is 59.9 Å². The molecule has 0 heterocycles. The number of carbonyl (C=O) groups is 6. The van der Waals surface area contributed by atoms with Crippen LogP contribution in [0.3, 0.4) is 0 Å². The van der Waals surface area contributed by atoms with Gasteiger partial charge in [-0.1, -0.05) is 26.3 Å². The van der Waals surface area contributed by atoms with Gasteiger partial charge in [-0.3, -0.25) is 9.59 Å². The number of hydrogen-bond acceptors (Lipinski definition) is 11. The lowest BCUT2D eigenvalue weighted by Gasteiger charge is -2.23. The van der Waals surface area contributed by atoms with E-state index >= 15 is 0 Å². The summed E-state index contributed by atoms with van der Waals surface area (Å²) in [6.45, 7) is 22.9. The zero-order chi connectivity index (χ0) is 35.9. The van der Waals surface area contributed by atoms with Crippen molar-refractivity contribution in [3.63, 3.8) is 0 Å². The van der Waals surface area contributed by atoms with Crippen molar-refractivity contribution in [1.82, 2.24) is 0 Å². The van der Waals surface area contributed by atoms with E-state index in [1.165, 1.54) is 58.9 Å². The molecule has 2 aromatic rings. The molecule has 0 saturated heterocycles. The van der Waals surface area contributed by atoms with Gasteiger partial charge in [0.25, 0.3) is 0 Å². The van der Waals surface area contributed by atoms with Crippen LogP contribution in [0.25, 0.3) is 0 Å². The quantitative estimate of drug-likeness (QED) is 0.0582. The summed E-state index contributed by atoms with van der Waals surface area (Å²) >= 11 is 0. The molecule has 11 heteroatoms. The average Bonchev–Trinajstić information content (AvgIpc) is 3.02. The van der Waals surface area contributed by atoms with Crippen molar-refractivity contribution in [3.8, 4) is 11.5 Å². The maximum absolute atomic E-state index is 12.4. The minimum atomic E-state index is -1.33. The zero-order valence-corrected chi connectivity index (χ0v) is 27.5. The zero-order valence-electron chi connectivity index (χ0n) is 27.5. The summed E-state index contributed by atoms with van der Waals surface area (Å²) in [4.78, 5) is 70.0. The molecule has 0 fully saturated rings. The number of ether oxygens (including phenoxy) is 5. The second-order valence-corrected chi connectivity index (χ2v) is 10.9. The van der Waals surface area contributed by atoms with E-state index in [4.69, 9.17) is 23.7 Å². The molecule has 0 N–H and O–H groups in total. The second-order valence-electron chi connectivity index (χ2n) is 10.9. The molecule has 0 aliphatic heterocycles. The summed E-state index contributed by atoms with van der Waals surface area (Å²) in [6.07, 6.45) is 2.08. The Morgan fingerprint density at radius 2 is 1.04 bits per heavy atom. The van der Waals surface area contributed by atoms with Crippen LogP contribution in [-0.2, 0) is 33.4 Å². The first-order valence-corrected chi connectivity index (χ1v) is 14.2. The Balaban J connectivity index is 0.000000470. The molecule has 0 unspecified atom stereocenters. The van der Waals surface area contributed by atoms with Gasteiger partial charge in [0.05, 0.1) is 0 Å². The lowest BCUT2D eigenvalue weighted by atomic mass is 9.96. The summed E-state index contributed by atoms with van der Waals surface area (Å²) < 4.78 is 25.4. The Labute approximate surface area is 274 Å². The van der Waals surface area contributed by atoms with Gasteiger partial charge >= 0.3 is 23.9 Å². The third-order valence-electron chi connectivity index (χ3n) is 5.87. The van der Waals surface area contributed by atoms with Gasteiger partial charge in [-0.05, 0) is 90.1 Å². The normalized spacial score (nSPS) is 10.5. The molecule has 2 aromatic carbocycles. The molecule has 0 atom stereocenters. The van der Waals surface area contributed by atoms with Gasteiger partial charge in [0, 0.05) is 34.4 Å². The van der Waals surface area contributed by atoms with Crippen LogP contribution in [0.1, 0.15) is 62.3 Å². The highest BCUT2D eigenvalue weighted by Crippen LogP contribution is 2.22. The first-order valence-electron chi connectivity index (χ1n) is 14.2. The maximum Gasteiger partial charge on any atom is 0.338 e. The van der Waals surface area contributed by atoms with Gasteiger partial charge in [-0.25, -0.2) is 19.2 Å². The molecule has 0 radical (unpaired) electrons. The summed E-state index contributed by atoms with van der Waals surface area (Å²) in [7, 11) is 0. The molecular weight excluding hydrogens is 608 g/mol. The molecule has 0 amide bonds. The van der Waals surface area contributed by atoms with Crippen molar-refractivity contribution in [2.45, 2.75) is 52.7 Å². The van der Waals surface area contributed by atoms with Gasteiger partial charge in [0.15, 0.2) is 11.2 Å². The Bertz CT molecular complexity index is 1530. The van der Waals surface area contributed by atoms with Crippen LogP contribution in [0.2, 0.25) is 0 Å². The molecule has 0 spiro atoms. The van der Waals surface area contributed by atoms with E-state index < -0.39 is 35.1 Å². The minimum absolute atomic E-state index is 0.0933. The van der Waals surface area contributed by atoms with Gasteiger partial charge in [0.1, 0.15) is 24.7 Å². The average molecular weight is 649 g/mol. The highest BCUT2D eigenvalue weighted by atomic mass is 16.6. The fourth-order valence-corrected chi connectivity index (χ4v) is 3.33. The Morgan fingerprint density at radius 3 is 1.47 bits per heavy atom. The van der Waals surface area contributed by atoms with Gasteiger partial charge in [-0.2, -0.15) is 0 Å². The SMILES string of the molecule is C=C(C)C(=O)Oc1ccc(C(=O)C(C)(C)OC(=O)C(=C)C)cc1.C=CC(=O)OCCOc1ccc(C(=O)C(C)(C)OC(=O)C=C)cc1. The largest absolute Gasteiger partial charge is 0.490 e. The Morgan fingerprint density at radius 1 is 0.617 bits per heavy atom. The standard InChI is InChI=1S/C18H20O6.C18H20O5/c1-5-15(19)23-12-11-22-14-9-7-13(8-10-14)17(21)18(3,4)24-16(20)6-2;1-11(2)16(20)22-14-9-7-13(8-10-14)15(19)18(5,6)23-17(21)12(3)4/h5-10H,1-2,11-12H2,3-4H3;7-10H,1,3H2,2,4-6H3. The number of carbonyl (C=O) groups excluding carboxylic acids is 6. The Kier molecular flexibility index (Phi) is 14.9. The van der Waals surface area contributed by atoms with Gasteiger partial charge < -0.3 is 23.7 Å². The fraction of sp³-hybridized carbons (Fsp3) is 0.278. The number of esters is 4. The van der Waals surface area contributed by atoms with Gasteiger partial charge in [0.2, 0.25) is 11.6 Å². The molecule has 0 saturated carbocycles. The van der Waals surface area contributed by atoms with Crippen molar-refractivity contribution >= 4 is 35.4 Å². The summed E-state index contributed by atoms with van der Waals surface area (Å²) in [5, 5.41) is 0. The lowest BCUT2D eigenvalue weighted by Crippen LogP contribution is -2.37. The van der Waals surface area contributed by atoms with Gasteiger partial charge in [-0.15, -0.1) is 0 Å². The van der Waals surface area contributed by atoms with E-state index in [0.29, 0.717) is 22.6 Å². The second kappa shape index (κ2) is 17.8. The third-order valence-corrected chi connectivity index (χ3v) is 5.87. The first-order chi connectivity index (χ1) is 21.8. The predicted molar refractivity (Wildman–Crippen MR) is 174 cm³/mol. The molecule has 0 aromatic heterocycles. The minimum Gasteiger partial charge on any atom is -0.490 e. The molecule has 0 bridgehead atoms. The van der Waals surface area contributed by atoms with E-state index in [9.17, 15) is 28.8 Å². The fourth-order valence-electron chi connectivity index (χ4n) is 3.33. The smallest absolute Gasteiger partial charge is 0.338 e. The van der Waals surface area contributed by atoms with Crippen molar-refractivity contribution in [3.05, 3.63) is 109 Å². The molecule has 47 heavy (non-hydrogen) atoms. The van der Waals surface area contributed by atoms with E-state index in [-0.39, 0.29) is 35.9 Å².